The van der Waals surface area contributed by atoms with Crippen LogP contribution in [0.2, 0.25) is 5.02 Å². The number of nitrogens with zero attached hydrogens (tertiary/aromatic N) is 6. The van der Waals surface area contributed by atoms with E-state index in [4.69, 9.17) is 20.8 Å². The Balaban J connectivity index is 1.12. The Bertz CT molecular complexity index is 2070. The molecule has 1 aliphatic heterocycles. The van der Waals surface area contributed by atoms with Crippen LogP contribution < -0.4 is 15.0 Å². The molecule has 0 radical (unpaired) electrons. The van der Waals surface area contributed by atoms with Crippen molar-refractivity contribution in [3.05, 3.63) is 114 Å². The molecule has 7 rings (SSSR count). The second-order valence-electron chi connectivity index (χ2n) is 10.9. The maximum atomic E-state index is 15.1. The fourth-order valence-corrected chi connectivity index (χ4v) is 5.75. The number of piperidine rings is 1. The van der Waals surface area contributed by atoms with Crippen LogP contribution in [0.3, 0.4) is 0 Å². The Kier molecular flexibility index (Phi) is 8.00. The highest BCUT2D eigenvalue weighted by Crippen LogP contribution is 2.31. The van der Waals surface area contributed by atoms with Crippen molar-refractivity contribution in [2.24, 2.45) is 0 Å². The summed E-state index contributed by atoms with van der Waals surface area (Å²) < 4.78 is 29.0. The highest BCUT2D eigenvalue weighted by atomic mass is 35.5. The lowest BCUT2D eigenvalue weighted by atomic mass is 10.0. The molecule has 1 fully saturated rings. The Hall–Kier alpha value is -5.75. The van der Waals surface area contributed by atoms with Crippen LogP contribution in [0, 0.1) is 5.82 Å². The summed E-state index contributed by atoms with van der Waals surface area (Å²) in [6, 6.07) is 23.0. The molecule has 1 N–H and O–H groups in total. The van der Waals surface area contributed by atoms with E-state index in [1.165, 1.54) is 29.1 Å². The molecule has 13 heteroatoms. The van der Waals surface area contributed by atoms with Crippen LogP contribution in [0.1, 0.15) is 29.4 Å². The molecule has 3 aromatic heterocycles. The number of carbonyl (C=O) groups is 2. The highest BCUT2D eigenvalue weighted by molar-refractivity contribution is 6.30. The van der Waals surface area contributed by atoms with E-state index < -0.39 is 17.8 Å². The third-order valence-corrected chi connectivity index (χ3v) is 8.13. The Morgan fingerprint density at radius 2 is 1.89 bits per heavy atom. The first-order valence-corrected chi connectivity index (χ1v) is 15.1. The largest absolute Gasteiger partial charge is 0.497 e. The molecule has 2 amide bonds. The first-order valence-electron chi connectivity index (χ1n) is 14.8. The summed E-state index contributed by atoms with van der Waals surface area (Å²) in [6.07, 6.45) is 4.39. The van der Waals surface area contributed by atoms with Gasteiger partial charge >= 0.3 is 0 Å². The van der Waals surface area contributed by atoms with Crippen LogP contribution in [0.4, 0.5) is 15.8 Å². The second kappa shape index (κ2) is 12.6. The predicted molar refractivity (Wildman–Crippen MR) is 173 cm³/mol. The lowest BCUT2D eigenvalue weighted by Crippen LogP contribution is -2.42. The van der Waals surface area contributed by atoms with E-state index in [1.54, 1.807) is 71.4 Å². The number of carbonyl (C=O) groups excluding carboxylic acids is 2. The number of furan rings is 1. The van der Waals surface area contributed by atoms with E-state index in [0.717, 1.165) is 12.1 Å². The van der Waals surface area contributed by atoms with Crippen LogP contribution in [-0.2, 0) is 4.79 Å². The molecular formula is C34H27ClFN7O4. The summed E-state index contributed by atoms with van der Waals surface area (Å²) in [5, 5.41) is 16.2. The molecule has 1 atom stereocenters. The third-order valence-electron chi connectivity index (χ3n) is 7.89. The van der Waals surface area contributed by atoms with Crippen molar-refractivity contribution in [1.29, 1.82) is 0 Å². The van der Waals surface area contributed by atoms with Crippen molar-refractivity contribution < 1.29 is 23.1 Å². The fraction of sp³-hybridized carbons (Fsp3) is 0.147. The zero-order valence-corrected chi connectivity index (χ0v) is 25.8. The van der Waals surface area contributed by atoms with E-state index in [1.807, 2.05) is 18.2 Å². The third kappa shape index (κ3) is 5.98. The molecule has 0 spiro atoms. The fourth-order valence-electron chi connectivity index (χ4n) is 5.56. The van der Waals surface area contributed by atoms with Crippen LogP contribution in [0.5, 0.6) is 5.75 Å². The summed E-state index contributed by atoms with van der Waals surface area (Å²) in [5.41, 5.74) is 2.69. The van der Waals surface area contributed by atoms with E-state index in [9.17, 15) is 9.59 Å². The molecule has 0 saturated carbocycles. The molecule has 0 aliphatic carbocycles. The van der Waals surface area contributed by atoms with Gasteiger partial charge in [-0.25, -0.2) is 13.8 Å². The standard InChI is InChI=1S/C34H27ClFN7O4/c1-46-25-12-10-23(11-13-25)41-15-3-7-30(34(41)45)42-20-29(38-40-42)26-18-22(9-14-27(26)36)37-33(44)28-19-31(32-8-4-16-47-32)43(39-28)24-6-2-5-21(35)17-24/h2,4-6,8-14,16-20,30H,3,7,15H2,1H3,(H,37,44). The number of halogens is 2. The Morgan fingerprint density at radius 3 is 2.66 bits per heavy atom. The van der Waals surface area contributed by atoms with E-state index >= 15 is 4.39 Å². The molecule has 4 heterocycles. The van der Waals surface area contributed by atoms with E-state index in [0.29, 0.717) is 46.6 Å². The molecule has 1 unspecified atom stereocenters. The molecular weight excluding hydrogens is 625 g/mol. The van der Waals surface area contributed by atoms with Gasteiger partial charge in [0.15, 0.2) is 11.5 Å². The number of anilines is 2. The van der Waals surface area contributed by atoms with Crippen molar-refractivity contribution in [2.75, 3.05) is 23.9 Å². The molecule has 1 aliphatic rings. The van der Waals surface area contributed by atoms with Crippen molar-refractivity contribution in [3.8, 4) is 34.1 Å². The van der Waals surface area contributed by atoms with Gasteiger partial charge in [-0.1, -0.05) is 22.9 Å². The van der Waals surface area contributed by atoms with Crippen LogP contribution in [0.15, 0.2) is 102 Å². The monoisotopic (exact) mass is 651 g/mol. The number of benzene rings is 3. The molecule has 47 heavy (non-hydrogen) atoms. The average molecular weight is 652 g/mol. The first kappa shape index (κ1) is 29.9. The van der Waals surface area contributed by atoms with Crippen molar-refractivity contribution in [3.63, 3.8) is 0 Å². The van der Waals surface area contributed by atoms with Gasteiger partial charge < -0.3 is 19.4 Å². The van der Waals surface area contributed by atoms with Gasteiger partial charge in [0.05, 0.1) is 25.3 Å². The Labute approximate surface area is 273 Å². The van der Waals surface area contributed by atoms with Crippen LogP contribution >= 0.6 is 11.6 Å². The van der Waals surface area contributed by atoms with E-state index in [-0.39, 0.29) is 22.9 Å². The first-order chi connectivity index (χ1) is 22.9. The van der Waals surface area contributed by atoms with Crippen molar-refractivity contribution in [1.82, 2.24) is 24.8 Å². The highest BCUT2D eigenvalue weighted by Gasteiger charge is 2.32. The number of hydrogen-bond donors (Lipinski definition) is 1. The maximum Gasteiger partial charge on any atom is 0.276 e. The van der Waals surface area contributed by atoms with Crippen molar-refractivity contribution >= 4 is 34.8 Å². The zero-order chi connectivity index (χ0) is 32.5. The summed E-state index contributed by atoms with van der Waals surface area (Å²) in [6.45, 7) is 0.569. The minimum atomic E-state index is -0.601. The quantitative estimate of drug-likeness (QED) is 0.192. The van der Waals surface area contributed by atoms with Gasteiger partial charge in [0, 0.05) is 34.6 Å². The van der Waals surface area contributed by atoms with Crippen molar-refractivity contribution in [2.45, 2.75) is 18.9 Å². The van der Waals surface area contributed by atoms with E-state index in [2.05, 4.69) is 20.7 Å². The number of ether oxygens (including phenoxy) is 1. The van der Waals surface area contributed by atoms with Gasteiger partial charge in [0.2, 0.25) is 0 Å². The number of methoxy groups -OCH3 is 1. The molecule has 3 aromatic carbocycles. The molecule has 1 saturated heterocycles. The topological polar surface area (TPSA) is 120 Å². The normalized spacial score (nSPS) is 14.7. The van der Waals surface area contributed by atoms with Gasteiger partial charge in [0.1, 0.15) is 29.0 Å². The number of nitrogens with one attached hydrogen (secondary N) is 1. The van der Waals surface area contributed by atoms with Crippen LogP contribution in [-0.4, -0.2) is 50.2 Å². The predicted octanol–water partition coefficient (Wildman–Crippen LogP) is 6.81. The summed E-state index contributed by atoms with van der Waals surface area (Å²) >= 11 is 6.21. The summed E-state index contributed by atoms with van der Waals surface area (Å²) in [5.74, 6) is -0.0128. The molecule has 6 aromatic rings. The smallest absolute Gasteiger partial charge is 0.276 e. The zero-order valence-electron chi connectivity index (χ0n) is 25.0. The molecule has 11 nitrogen and oxygen atoms in total. The SMILES string of the molecule is COc1ccc(N2CCCC(n3cc(-c4cc(NC(=O)c5cc(-c6ccco6)n(-c6cccc(Cl)c6)n5)ccc4F)nn3)C2=O)cc1. The number of aromatic nitrogens is 5. The van der Waals surface area contributed by atoms with Gasteiger partial charge in [-0.05, 0) is 85.6 Å². The van der Waals surface area contributed by atoms with Gasteiger partial charge in [-0.2, -0.15) is 5.10 Å². The average Bonchev–Trinajstić information content (AvgIpc) is 3.87. The lowest BCUT2D eigenvalue weighted by Gasteiger charge is -2.32. The second-order valence-corrected chi connectivity index (χ2v) is 11.3. The van der Waals surface area contributed by atoms with Crippen LogP contribution in [0.25, 0.3) is 28.4 Å². The minimum absolute atomic E-state index is 0.102. The summed E-state index contributed by atoms with van der Waals surface area (Å²) in [7, 11) is 1.59. The lowest BCUT2D eigenvalue weighted by molar-refractivity contribution is -0.123. The minimum Gasteiger partial charge on any atom is -0.497 e. The number of hydrogen-bond acceptors (Lipinski definition) is 7. The van der Waals surface area contributed by atoms with Gasteiger partial charge in [0.25, 0.3) is 11.8 Å². The number of amides is 2. The Morgan fingerprint density at radius 1 is 1.04 bits per heavy atom. The number of rotatable bonds is 8. The molecule has 0 bridgehead atoms. The molecule has 236 valence electrons. The maximum absolute atomic E-state index is 15.1. The van der Waals surface area contributed by atoms with Gasteiger partial charge in [-0.15, -0.1) is 5.10 Å². The summed E-state index contributed by atoms with van der Waals surface area (Å²) in [4.78, 5) is 28.6. The van der Waals surface area contributed by atoms with Gasteiger partial charge in [-0.3, -0.25) is 9.59 Å².